The molecule has 0 aliphatic rings. The Kier molecular flexibility index (Phi) is 5.55. The molecular formula is C15H16F3N3O3. The van der Waals surface area contributed by atoms with Gasteiger partial charge in [0.1, 0.15) is 0 Å². The van der Waals surface area contributed by atoms with Crippen molar-refractivity contribution in [1.29, 1.82) is 0 Å². The molecule has 1 aromatic carbocycles. The monoisotopic (exact) mass is 343 g/mol. The lowest BCUT2D eigenvalue weighted by Gasteiger charge is -2.14. The van der Waals surface area contributed by atoms with E-state index in [1.165, 1.54) is 12.1 Å². The van der Waals surface area contributed by atoms with E-state index in [2.05, 4.69) is 15.5 Å². The molecule has 0 fully saturated rings. The van der Waals surface area contributed by atoms with Crippen molar-refractivity contribution in [3.05, 3.63) is 47.1 Å². The maximum Gasteiger partial charge on any atom is 0.416 e. The lowest BCUT2D eigenvalue weighted by molar-refractivity contribution is -0.137. The van der Waals surface area contributed by atoms with E-state index in [9.17, 15) is 23.1 Å². The minimum absolute atomic E-state index is 0.0664. The first-order chi connectivity index (χ1) is 11.3. The Bertz CT molecular complexity index is 701. The van der Waals surface area contributed by atoms with Crippen LogP contribution in [0, 0.1) is 6.92 Å². The topological polar surface area (TPSA) is 88.2 Å². The number of aliphatic hydroxyl groups is 1. The first-order valence-corrected chi connectivity index (χ1v) is 7.17. The van der Waals surface area contributed by atoms with Gasteiger partial charge in [0, 0.05) is 19.4 Å². The number of nitrogens with zero attached hydrogens (tertiary/aromatic N) is 2. The summed E-state index contributed by atoms with van der Waals surface area (Å²) in [6.07, 6.45) is -5.41. The van der Waals surface area contributed by atoms with Crippen LogP contribution in [0.15, 0.2) is 28.8 Å². The summed E-state index contributed by atoms with van der Waals surface area (Å²) in [6, 6.07) is 4.35. The number of hydrogen-bond acceptors (Lipinski definition) is 5. The molecule has 1 unspecified atom stereocenters. The molecule has 2 rings (SSSR count). The van der Waals surface area contributed by atoms with Crippen molar-refractivity contribution >= 4 is 5.91 Å². The highest BCUT2D eigenvalue weighted by atomic mass is 19.4. The molecule has 9 heteroatoms. The quantitative estimate of drug-likeness (QED) is 0.839. The van der Waals surface area contributed by atoms with Crippen molar-refractivity contribution in [2.24, 2.45) is 0 Å². The number of aromatic nitrogens is 2. The number of nitrogens with one attached hydrogen (secondary N) is 1. The summed E-state index contributed by atoms with van der Waals surface area (Å²) >= 11 is 0. The second-order valence-electron chi connectivity index (χ2n) is 5.18. The van der Waals surface area contributed by atoms with Crippen LogP contribution < -0.4 is 5.32 Å². The molecule has 1 amide bonds. The molecule has 130 valence electrons. The van der Waals surface area contributed by atoms with E-state index < -0.39 is 17.8 Å². The SMILES string of the molecule is Cc1noc(CCC(=O)NCC(O)c2cccc(C(F)(F)F)c2)n1. The second kappa shape index (κ2) is 7.43. The van der Waals surface area contributed by atoms with E-state index in [-0.39, 0.29) is 30.9 Å². The smallest absolute Gasteiger partial charge is 0.387 e. The van der Waals surface area contributed by atoms with Gasteiger partial charge in [0.25, 0.3) is 0 Å². The summed E-state index contributed by atoms with van der Waals surface area (Å²) in [4.78, 5) is 15.6. The summed E-state index contributed by atoms with van der Waals surface area (Å²) in [5.41, 5.74) is -0.769. The normalized spacial score (nSPS) is 12.9. The average Bonchev–Trinajstić information content (AvgIpc) is 2.95. The Morgan fingerprint density at radius 1 is 1.42 bits per heavy atom. The Morgan fingerprint density at radius 2 is 2.17 bits per heavy atom. The summed E-state index contributed by atoms with van der Waals surface area (Å²) in [7, 11) is 0. The third-order valence-electron chi connectivity index (χ3n) is 3.23. The van der Waals surface area contributed by atoms with Gasteiger partial charge in [-0.05, 0) is 24.6 Å². The molecule has 0 radical (unpaired) electrons. The third-order valence-corrected chi connectivity index (χ3v) is 3.23. The number of aliphatic hydroxyl groups excluding tert-OH is 1. The molecule has 2 aromatic rings. The van der Waals surface area contributed by atoms with E-state index in [0.29, 0.717) is 11.7 Å². The van der Waals surface area contributed by atoms with Gasteiger partial charge in [-0.1, -0.05) is 17.3 Å². The minimum Gasteiger partial charge on any atom is -0.387 e. The van der Waals surface area contributed by atoms with E-state index in [1.54, 1.807) is 6.92 Å². The van der Waals surface area contributed by atoms with Gasteiger partial charge in [-0.15, -0.1) is 0 Å². The summed E-state index contributed by atoms with van der Waals surface area (Å²) in [6.45, 7) is 1.46. The number of aryl methyl sites for hydroxylation is 2. The van der Waals surface area contributed by atoms with Crippen molar-refractivity contribution in [2.75, 3.05) is 6.54 Å². The van der Waals surface area contributed by atoms with Gasteiger partial charge in [0.05, 0.1) is 11.7 Å². The van der Waals surface area contributed by atoms with Crippen LogP contribution >= 0.6 is 0 Å². The standard InChI is InChI=1S/C15H16F3N3O3/c1-9-20-14(24-21-9)6-5-13(23)19-8-12(22)10-3-2-4-11(7-10)15(16,17)18/h2-4,7,12,22H,5-6,8H2,1H3,(H,19,23). The number of hydrogen-bond donors (Lipinski definition) is 2. The number of amides is 1. The van der Waals surface area contributed by atoms with Crippen LogP contribution in [-0.4, -0.2) is 27.7 Å². The minimum atomic E-state index is -4.48. The second-order valence-corrected chi connectivity index (χ2v) is 5.18. The zero-order valence-electron chi connectivity index (χ0n) is 12.8. The molecule has 24 heavy (non-hydrogen) atoms. The summed E-state index contributed by atoms with van der Waals surface area (Å²) in [5, 5.41) is 16.0. The average molecular weight is 343 g/mol. The number of benzene rings is 1. The maximum atomic E-state index is 12.6. The van der Waals surface area contributed by atoms with Crippen molar-refractivity contribution in [1.82, 2.24) is 15.5 Å². The first kappa shape index (κ1) is 17.9. The number of carbonyl (C=O) groups is 1. The molecule has 0 aliphatic carbocycles. The zero-order chi connectivity index (χ0) is 17.7. The molecule has 0 saturated carbocycles. The summed E-state index contributed by atoms with van der Waals surface area (Å²) < 4.78 is 42.8. The molecule has 0 saturated heterocycles. The van der Waals surface area contributed by atoms with Crippen molar-refractivity contribution < 1.29 is 27.6 Å². The Morgan fingerprint density at radius 3 is 2.79 bits per heavy atom. The zero-order valence-corrected chi connectivity index (χ0v) is 12.8. The highest BCUT2D eigenvalue weighted by Gasteiger charge is 2.30. The number of rotatable bonds is 6. The predicted molar refractivity (Wildman–Crippen MR) is 76.8 cm³/mol. The van der Waals surface area contributed by atoms with Crippen LogP contribution in [-0.2, 0) is 17.4 Å². The van der Waals surface area contributed by atoms with Gasteiger partial charge in [-0.2, -0.15) is 18.2 Å². The van der Waals surface area contributed by atoms with Gasteiger partial charge in [0.15, 0.2) is 5.82 Å². The molecule has 1 heterocycles. The lowest BCUT2D eigenvalue weighted by Crippen LogP contribution is -2.28. The highest BCUT2D eigenvalue weighted by molar-refractivity contribution is 5.76. The Labute approximate surface area is 135 Å². The van der Waals surface area contributed by atoms with Crippen LogP contribution in [0.25, 0.3) is 0 Å². The molecule has 1 aromatic heterocycles. The third kappa shape index (κ3) is 5.05. The van der Waals surface area contributed by atoms with Gasteiger partial charge in [-0.3, -0.25) is 4.79 Å². The molecule has 0 bridgehead atoms. The number of halogens is 3. The van der Waals surface area contributed by atoms with Crippen molar-refractivity contribution in [3.8, 4) is 0 Å². The Balaban J connectivity index is 1.84. The fourth-order valence-corrected chi connectivity index (χ4v) is 2.00. The van der Waals surface area contributed by atoms with Gasteiger partial charge >= 0.3 is 6.18 Å². The summed E-state index contributed by atoms with van der Waals surface area (Å²) in [5.74, 6) is 0.406. The maximum absolute atomic E-state index is 12.6. The number of alkyl halides is 3. The van der Waals surface area contributed by atoms with Crippen LogP contribution in [0.1, 0.15) is 35.4 Å². The molecule has 0 aliphatic heterocycles. The molecule has 2 N–H and O–H groups in total. The van der Waals surface area contributed by atoms with E-state index in [1.807, 2.05) is 0 Å². The molecule has 6 nitrogen and oxygen atoms in total. The van der Waals surface area contributed by atoms with Gasteiger partial charge < -0.3 is 14.9 Å². The van der Waals surface area contributed by atoms with Crippen LogP contribution in [0.5, 0.6) is 0 Å². The highest BCUT2D eigenvalue weighted by Crippen LogP contribution is 2.30. The predicted octanol–water partition coefficient (Wildman–Crippen LogP) is 2.18. The largest absolute Gasteiger partial charge is 0.416 e. The lowest BCUT2D eigenvalue weighted by atomic mass is 10.1. The van der Waals surface area contributed by atoms with Gasteiger partial charge in [0.2, 0.25) is 11.8 Å². The van der Waals surface area contributed by atoms with Gasteiger partial charge in [-0.25, -0.2) is 0 Å². The fourth-order valence-electron chi connectivity index (χ4n) is 2.00. The van der Waals surface area contributed by atoms with E-state index >= 15 is 0 Å². The van der Waals surface area contributed by atoms with Crippen LogP contribution in [0.3, 0.4) is 0 Å². The molecule has 0 spiro atoms. The van der Waals surface area contributed by atoms with Crippen molar-refractivity contribution in [2.45, 2.75) is 32.0 Å². The van der Waals surface area contributed by atoms with E-state index in [0.717, 1.165) is 12.1 Å². The Hall–Kier alpha value is -2.42. The first-order valence-electron chi connectivity index (χ1n) is 7.17. The number of carbonyl (C=O) groups excluding carboxylic acids is 1. The molecule has 1 atom stereocenters. The van der Waals surface area contributed by atoms with E-state index in [4.69, 9.17) is 4.52 Å². The fraction of sp³-hybridized carbons (Fsp3) is 0.400. The molecular weight excluding hydrogens is 327 g/mol. The van der Waals surface area contributed by atoms with Crippen molar-refractivity contribution in [3.63, 3.8) is 0 Å². The van der Waals surface area contributed by atoms with Crippen LogP contribution in [0.2, 0.25) is 0 Å². The van der Waals surface area contributed by atoms with Crippen LogP contribution in [0.4, 0.5) is 13.2 Å².